The van der Waals surface area contributed by atoms with E-state index in [-0.39, 0.29) is 37.5 Å². The van der Waals surface area contributed by atoms with Gasteiger partial charge in [0.1, 0.15) is 13.2 Å². The normalized spacial score (nSPS) is 13.3. The van der Waals surface area contributed by atoms with E-state index < -0.39 is 6.10 Å². The first-order valence-electron chi connectivity index (χ1n) is 33.3. The Bertz CT molecular complexity index is 1940. The molecule has 0 aliphatic heterocycles. The van der Waals surface area contributed by atoms with Gasteiger partial charge in [-0.25, -0.2) is 0 Å². The first-order valence-corrected chi connectivity index (χ1v) is 33.3. The van der Waals surface area contributed by atoms with Crippen LogP contribution in [0.3, 0.4) is 0 Å². The Morgan fingerprint density at radius 2 is 0.434 bits per heavy atom. The molecule has 0 fully saturated rings. The van der Waals surface area contributed by atoms with E-state index in [0.29, 0.717) is 19.3 Å². The van der Waals surface area contributed by atoms with E-state index >= 15 is 0 Å². The van der Waals surface area contributed by atoms with Crippen molar-refractivity contribution in [3.05, 3.63) is 182 Å². The highest BCUT2D eigenvalue weighted by atomic mass is 16.6. The van der Waals surface area contributed by atoms with Crippen LogP contribution in [0, 0.1) is 0 Å². The molecule has 0 amide bonds. The van der Waals surface area contributed by atoms with Crippen LogP contribution in [0.25, 0.3) is 0 Å². The van der Waals surface area contributed by atoms with E-state index in [9.17, 15) is 14.4 Å². The maximum Gasteiger partial charge on any atom is 0.306 e. The summed E-state index contributed by atoms with van der Waals surface area (Å²) in [6.07, 6.45) is 103. The third-order valence-electron chi connectivity index (χ3n) is 13.4. The summed E-state index contributed by atoms with van der Waals surface area (Å²) in [5.74, 6) is -0.968. The average Bonchev–Trinajstić information content (AvgIpc) is 3.50. The zero-order valence-corrected chi connectivity index (χ0v) is 53.1. The smallest absolute Gasteiger partial charge is 0.306 e. The Kier molecular flexibility index (Phi) is 64.4. The summed E-state index contributed by atoms with van der Waals surface area (Å²) in [4.78, 5) is 38.4. The Morgan fingerprint density at radius 1 is 0.241 bits per heavy atom. The number of unbranched alkanes of at least 4 members (excludes halogenated alkanes) is 17. The molecule has 0 bridgehead atoms. The van der Waals surface area contributed by atoms with Gasteiger partial charge in [0.2, 0.25) is 0 Å². The van der Waals surface area contributed by atoms with E-state index in [1.807, 2.05) is 0 Å². The molecule has 1 atom stereocenters. The second-order valence-electron chi connectivity index (χ2n) is 21.2. The van der Waals surface area contributed by atoms with Gasteiger partial charge in [-0.05, 0) is 154 Å². The molecule has 464 valence electrons. The largest absolute Gasteiger partial charge is 0.462 e. The molecule has 83 heavy (non-hydrogen) atoms. The van der Waals surface area contributed by atoms with Crippen LogP contribution >= 0.6 is 0 Å². The van der Waals surface area contributed by atoms with Gasteiger partial charge in [-0.3, -0.25) is 14.4 Å². The van der Waals surface area contributed by atoms with Crippen molar-refractivity contribution in [2.45, 2.75) is 271 Å². The lowest BCUT2D eigenvalue weighted by atomic mass is 10.1. The van der Waals surface area contributed by atoms with Crippen LogP contribution in [0.1, 0.15) is 265 Å². The summed E-state index contributed by atoms with van der Waals surface area (Å²) >= 11 is 0. The number of ether oxygens (including phenoxy) is 3. The quantitative estimate of drug-likeness (QED) is 0.0261. The van der Waals surface area contributed by atoms with Gasteiger partial charge in [0.25, 0.3) is 0 Å². The lowest BCUT2D eigenvalue weighted by Crippen LogP contribution is -2.30. The molecule has 0 aromatic rings. The molecular weight excluding hydrogens is 1020 g/mol. The molecular formula is C77H120O6. The molecule has 0 spiro atoms. The summed E-state index contributed by atoms with van der Waals surface area (Å²) in [6.45, 7) is 6.25. The van der Waals surface area contributed by atoms with Crippen LogP contribution < -0.4 is 0 Å². The zero-order valence-electron chi connectivity index (χ0n) is 53.1. The molecule has 0 aliphatic carbocycles. The summed E-state index contributed by atoms with van der Waals surface area (Å²) in [5, 5.41) is 0. The van der Waals surface area contributed by atoms with Gasteiger partial charge in [-0.1, -0.05) is 274 Å². The van der Waals surface area contributed by atoms with E-state index in [0.717, 1.165) is 173 Å². The zero-order chi connectivity index (χ0) is 59.9. The highest BCUT2D eigenvalue weighted by Gasteiger charge is 2.19. The Labute approximate surface area is 510 Å². The van der Waals surface area contributed by atoms with Crippen LogP contribution in [0.4, 0.5) is 0 Å². The number of esters is 3. The van der Waals surface area contributed by atoms with Gasteiger partial charge >= 0.3 is 17.9 Å². The predicted molar refractivity (Wildman–Crippen MR) is 361 cm³/mol. The van der Waals surface area contributed by atoms with Gasteiger partial charge in [0.15, 0.2) is 6.10 Å². The Hall–Kier alpha value is -5.49. The van der Waals surface area contributed by atoms with E-state index in [2.05, 4.69) is 203 Å². The van der Waals surface area contributed by atoms with Crippen molar-refractivity contribution in [3.8, 4) is 0 Å². The van der Waals surface area contributed by atoms with Crippen LogP contribution in [0.2, 0.25) is 0 Å². The fraction of sp³-hybridized carbons (Fsp3) is 0.571. The molecule has 0 aromatic heterocycles. The van der Waals surface area contributed by atoms with Gasteiger partial charge in [-0.15, -0.1) is 0 Å². The van der Waals surface area contributed by atoms with Crippen molar-refractivity contribution in [1.82, 2.24) is 0 Å². The number of hydrogen-bond donors (Lipinski definition) is 0. The monoisotopic (exact) mass is 1140 g/mol. The van der Waals surface area contributed by atoms with E-state index in [4.69, 9.17) is 14.2 Å². The third kappa shape index (κ3) is 67.2. The molecule has 0 aromatic carbocycles. The number of hydrogen-bond acceptors (Lipinski definition) is 6. The Morgan fingerprint density at radius 3 is 0.687 bits per heavy atom. The molecule has 0 radical (unpaired) electrons. The fourth-order valence-corrected chi connectivity index (χ4v) is 8.52. The molecule has 0 saturated carbocycles. The third-order valence-corrected chi connectivity index (χ3v) is 13.4. The van der Waals surface area contributed by atoms with Gasteiger partial charge in [-0.2, -0.15) is 0 Å². The second-order valence-corrected chi connectivity index (χ2v) is 21.2. The van der Waals surface area contributed by atoms with Crippen molar-refractivity contribution in [1.29, 1.82) is 0 Å². The van der Waals surface area contributed by atoms with Crippen LogP contribution in [-0.4, -0.2) is 37.2 Å². The lowest BCUT2D eigenvalue weighted by Gasteiger charge is -2.18. The molecule has 6 heteroatoms. The van der Waals surface area contributed by atoms with Crippen LogP contribution in [0.15, 0.2) is 182 Å². The molecule has 0 N–H and O–H groups in total. The number of allylic oxidation sites excluding steroid dienone is 30. The summed E-state index contributed by atoms with van der Waals surface area (Å²) in [6, 6.07) is 0. The molecule has 0 aliphatic rings. The molecule has 1 unspecified atom stereocenters. The van der Waals surface area contributed by atoms with Crippen LogP contribution in [-0.2, 0) is 28.6 Å². The van der Waals surface area contributed by atoms with Crippen molar-refractivity contribution in [3.63, 3.8) is 0 Å². The maximum atomic E-state index is 12.9. The van der Waals surface area contributed by atoms with E-state index in [1.165, 1.54) is 44.9 Å². The van der Waals surface area contributed by atoms with Gasteiger partial charge < -0.3 is 14.2 Å². The SMILES string of the molecule is CC/C=C\C/C=C\C/C=C\C/C=C\C/C=C\C/C=C\CCCCCCCCCCC(=O)OCC(COC(=O)CCCCCCCC/C=C\C/C=C\C/C=C\C/C=C\CC)OC(=O)CCCCC/C=C\C/C=C\C/C=C\C/C=C\C/C=C\CC. The standard InChI is InChI=1S/C77H120O6/c1-4-7-10-13-16-19-22-25-28-31-34-35-36-37-38-39-40-41-44-46-49-52-55-58-61-64-67-70-76(79)82-73-74(83-77(80)71-68-65-62-59-56-53-50-47-43-33-30-27-24-21-18-15-12-9-6-3)72-81-75(78)69-66-63-60-57-54-51-48-45-42-32-29-26-23-20-17-14-11-8-5-2/h7-12,16-21,25-30,34-35,37-38,40-43,45,47,53,56,74H,4-6,13-15,22-24,31-33,36,39,44,46,48-52,54-55,57-73H2,1-3H3/b10-7-,11-8-,12-9-,19-16-,20-17-,21-18-,28-25-,29-26-,30-27-,35-34-,38-37-,41-40-,45-42-,47-43-,56-53-. The highest BCUT2D eigenvalue weighted by molar-refractivity contribution is 5.71. The minimum absolute atomic E-state index is 0.110. The minimum atomic E-state index is -0.818. The first kappa shape index (κ1) is 77.5. The van der Waals surface area contributed by atoms with Crippen LogP contribution in [0.5, 0.6) is 0 Å². The fourth-order valence-electron chi connectivity index (χ4n) is 8.52. The number of rotatable bonds is 58. The average molecular weight is 1140 g/mol. The van der Waals surface area contributed by atoms with E-state index in [1.54, 1.807) is 0 Å². The van der Waals surface area contributed by atoms with Gasteiger partial charge in [0.05, 0.1) is 0 Å². The van der Waals surface area contributed by atoms with Crippen molar-refractivity contribution >= 4 is 17.9 Å². The summed E-state index contributed by atoms with van der Waals surface area (Å²) in [5.41, 5.74) is 0. The highest BCUT2D eigenvalue weighted by Crippen LogP contribution is 2.14. The molecule has 0 rings (SSSR count). The van der Waals surface area contributed by atoms with Crippen molar-refractivity contribution < 1.29 is 28.6 Å². The first-order chi connectivity index (χ1) is 41.0. The summed E-state index contributed by atoms with van der Waals surface area (Å²) < 4.78 is 16.9. The lowest BCUT2D eigenvalue weighted by molar-refractivity contribution is -0.167. The predicted octanol–water partition coefficient (Wildman–Crippen LogP) is 23.2. The number of carbonyl (C=O) groups excluding carboxylic acids is 3. The second kappa shape index (κ2) is 69.0. The topological polar surface area (TPSA) is 78.9 Å². The van der Waals surface area contributed by atoms with Crippen molar-refractivity contribution in [2.24, 2.45) is 0 Å². The molecule has 0 saturated heterocycles. The molecule has 6 nitrogen and oxygen atoms in total. The van der Waals surface area contributed by atoms with Crippen molar-refractivity contribution in [2.75, 3.05) is 13.2 Å². The molecule has 0 heterocycles. The minimum Gasteiger partial charge on any atom is -0.462 e. The summed E-state index contributed by atoms with van der Waals surface area (Å²) in [7, 11) is 0. The number of carbonyl (C=O) groups is 3. The van der Waals surface area contributed by atoms with Gasteiger partial charge in [0, 0.05) is 19.3 Å². The maximum absolute atomic E-state index is 12.9. The Balaban J connectivity index is 4.50.